The van der Waals surface area contributed by atoms with E-state index < -0.39 is 9.84 Å². The van der Waals surface area contributed by atoms with Crippen LogP contribution in [0, 0.1) is 0 Å². The Morgan fingerprint density at radius 1 is 0.938 bits per heavy atom. The van der Waals surface area contributed by atoms with E-state index in [4.69, 9.17) is 4.74 Å². The third-order valence-corrected chi connectivity index (χ3v) is 8.96. The zero-order chi connectivity index (χ0) is 22.6. The zero-order valence-electron chi connectivity index (χ0n) is 19.4. The molecule has 1 saturated carbocycles. The number of methoxy groups -OCH3 is 1. The van der Waals surface area contributed by atoms with E-state index in [0.717, 1.165) is 38.6 Å². The first-order valence-electron chi connectivity index (χ1n) is 12.0. The van der Waals surface area contributed by atoms with Crippen LogP contribution in [-0.4, -0.2) is 57.5 Å². The minimum atomic E-state index is -3.57. The summed E-state index contributed by atoms with van der Waals surface area (Å²) in [6.07, 6.45) is 7.91. The van der Waals surface area contributed by atoms with E-state index in [9.17, 15) is 8.42 Å². The van der Waals surface area contributed by atoms with E-state index in [0.29, 0.717) is 16.7 Å². The molecule has 2 aromatic carbocycles. The van der Waals surface area contributed by atoms with E-state index in [1.165, 1.54) is 37.7 Å². The predicted molar refractivity (Wildman–Crippen MR) is 128 cm³/mol. The summed E-state index contributed by atoms with van der Waals surface area (Å²) in [4.78, 5) is 5.86. The van der Waals surface area contributed by atoms with Gasteiger partial charge < -0.3 is 4.74 Å². The van der Waals surface area contributed by atoms with Crippen molar-refractivity contribution in [1.29, 1.82) is 0 Å². The molecule has 1 aliphatic heterocycles. The Morgan fingerprint density at radius 3 is 2.25 bits per heavy atom. The molecule has 1 atom stereocenters. The van der Waals surface area contributed by atoms with Crippen molar-refractivity contribution < 1.29 is 13.2 Å². The van der Waals surface area contributed by atoms with Gasteiger partial charge in [-0.05, 0) is 55.2 Å². The lowest BCUT2D eigenvalue weighted by molar-refractivity contribution is 0.0549. The molecule has 2 aromatic rings. The molecule has 32 heavy (non-hydrogen) atoms. The molecule has 1 heterocycles. The molecule has 1 saturated heterocycles. The van der Waals surface area contributed by atoms with E-state index in [1.54, 1.807) is 43.5 Å². The maximum Gasteiger partial charge on any atom is 0.206 e. The summed E-state index contributed by atoms with van der Waals surface area (Å²) in [5.41, 5.74) is 1.20. The number of ether oxygens (including phenoxy) is 1. The first-order valence-corrected chi connectivity index (χ1v) is 13.5. The Hall–Kier alpha value is -1.89. The Morgan fingerprint density at radius 2 is 1.62 bits per heavy atom. The van der Waals surface area contributed by atoms with Crippen LogP contribution in [0.2, 0.25) is 0 Å². The number of piperazine rings is 1. The largest absolute Gasteiger partial charge is 0.497 e. The normalized spacial score (nSPS) is 20.2. The number of hydrogen-bond donors (Lipinski definition) is 0. The minimum Gasteiger partial charge on any atom is -0.497 e. The van der Waals surface area contributed by atoms with Crippen molar-refractivity contribution in [3.63, 3.8) is 0 Å². The number of nitrogens with zero attached hydrogens (tertiary/aromatic N) is 2. The van der Waals surface area contributed by atoms with Gasteiger partial charge in [0.15, 0.2) is 0 Å². The number of rotatable bonds is 7. The quantitative estimate of drug-likeness (QED) is 0.591. The molecule has 174 valence electrons. The lowest BCUT2D eigenvalue weighted by atomic mass is 9.93. The van der Waals surface area contributed by atoms with Gasteiger partial charge in [-0.25, -0.2) is 8.42 Å². The third kappa shape index (κ3) is 5.03. The van der Waals surface area contributed by atoms with Gasteiger partial charge in [-0.1, -0.05) is 44.4 Å². The molecule has 1 aliphatic carbocycles. The molecule has 0 amide bonds. The molecule has 0 unspecified atom stereocenters. The number of sulfone groups is 1. The van der Waals surface area contributed by atoms with Crippen LogP contribution < -0.4 is 4.74 Å². The molecule has 2 aliphatic rings. The highest BCUT2D eigenvalue weighted by Gasteiger charge is 2.28. The molecule has 0 radical (unpaired) electrons. The van der Waals surface area contributed by atoms with E-state index in [1.807, 2.05) is 12.1 Å². The van der Waals surface area contributed by atoms with E-state index >= 15 is 0 Å². The van der Waals surface area contributed by atoms with Gasteiger partial charge in [0.05, 0.1) is 16.9 Å². The van der Waals surface area contributed by atoms with Crippen LogP contribution in [-0.2, 0) is 9.84 Å². The fourth-order valence-electron chi connectivity index (χ4n) is 5.34. The highest BCUT2D eigenvalue weighted by molar-refractivity contribution is 7.91. The molecule has 2 fully saturated rings. The van der Waals surface area contributed by atoms with Crippen molar-refractivity contribution >= 4 is 9.84 Å². The van der Waals surface area contributed by atoms with Crippen LogP contribution in [0.4, 0.5) is 0 Å². The molecule has 4 rings (SSSR count). The topological polar surface area (TPSA) is 49.9 Å². The molecule has 0 aromatic heterocycles. The van der Waals surface area contributed by atoms with Crippen molar-refractivity contribution in [2.75, 3.05) is 33.3 Å². The van der Waals surface area contributed by atoms with Gasteiger partial charge in [0, 0.05) is 38.3 Å². The molecule has 6 heteroatoms. The van der Waals surface area contributed by atoms with Gasteiger partial charge in [-0.15, -0.1) is 0 Å². The van der Waals surface area contributed by atoms with Gasteiger partial charge in [-0.2, -0.15) is 0 Å². The van der Waals surface area contributed by atoms with Crippen LogP contribution in [0.25, 0.3) is 0 Å². The molecular formula is C26H36N2O3S. The van der Waals surface area contributed by atoms with E-state index in [2.05, 4.69) is 16.7 Å². The Labute approximate surface area is 193 Å². The van der Waals surface area contributed by atoms with Crippen molar-refractivity contribution in [1.82, 2.24) is 9.80 Å². The predicted octanol–water partition coefficient (Wildman–Crippen LogP) is 4.93. The van der Waals surface area contributed by atoms with Crippen LogP contribution in [0.1, 0.15) is 57.1 Å². The fourth-order valence-corrected chi connectivity index (χ4v) is 6.63. The molecule has 0 bridgehead atoms. The monoisotopic (exact) mass is 456 g/mol. The second kappa shape index (κ2) is 10.4. The lowest BCUT2D eigenvalue weighted by Crippen LogP contribution is -2.51. The summed E-state index contributed by atoms with van der Waals surface area (Å²) < 4.78 is 31.3. The van der Waals surface area contributed by atoms with Gasteiger partial charge in [-0.3, -0.25) is 9.80 Å². The Balaban J connectivity index is 1.44. The van der Waals surface area contributed by atoms with Gasteiger partial charge in [0.2, 0.25) is 9.84 Å². The van der Waals surface area contributed by atoms with Crippen LogP contribution in [0.3, 0.4) is 0 Å². The van der Waals surface area contributed by atoms with Gasteiger partial charge in [0.25, 0.3) is 0 Å². The second-order valence-electron chi connectivity index (χ2n) is 9.04. The van der Waals surface area contributed by atoms with Crippen molar-refractivity contribution in [2.45, 2.75) is 67.3 Å². The zero-order valence-corrected chi connectivity index (χ0v) is 20.2. The van der Waals surface area contributed by atoms with E-state index in [-0.39, 0.29) is 4.90 Å². The summed E-state index contributed by atoms with van der Waals surface area (Å²) in [6.45, 7) is 6.67. The maximum atomic E-state index is 13.1. The smallest absolute Gasteiger partial charge is 0.206 e. The van der Waals surface area contributed by atoms with Crippen molar-refractivity contribution in [3.8, 4) is 5.75 Å². The molecule has 5 nitrogen and oxygen atoms in total. The summed E-state index contributed by atoms with van der Waals surface area (Å²) >= 11 is 0. The molecule has 0 spiro atoms. The Kier molecular flexibility index (Phi) is 7.54. The average Bonchev–Trinajstić information content (AvgIpc) is 2.86. The fraction of sp³-hybridized carbons (Fsp3) is 0.538. The maximum absolute atomic E-state index is 13.1. The number of benzene rings is 2. The standard InChI is InChI=1S/C26H36N2O3S/c1-3-26(28-18-16-27(17-19-28)22-8-5-4-6-9-22)21-12-14-24(15-13-21)32(29,30)25-11-7-10-23(20-25)31-2/h7,10-15,20,22,26H,3-6,8-9,16-19H2,1-2H3/t26-/m0/s1. The first kappa shape index (κ1) is 23.3. The summed E-state index contributed by atoms with van der Waals surface area (Å²) in [6, 6.07) is 15.3. The average molecular weight is 457 g/mol. The van der Waals surface area contributed by atoms with Crippen molar-refractivity contribution in [3.05, 3.63) is 54.1 Å². The van der Waals surface area contributed by atoms with Gasteiger partial charge in [0.1, 0.15) is 5.75 Å². The SMILES string of the molecule is CC[C@@H](c1ccc(S(=O)(=O)c2cccc(OC)c2)cc1)N1CCN(C2CCCCC2)CC1. The van der Waals surface area contributed by atoms with Crippen molar-refractivity contribution in [2.24, 2.45) is 0 Å². The summed E-state index contributed by atoms with van der Waals surface area (Å²) in [5, 5.41) is 0. The summed E-state index contributed by atoms with van der Waals surface area (Å²) in [5.74, 6) is 0.543. The Bertz CT molecular complexity index is 976. The minimum absolute atomic E-state index is 0.260. The van der Waals surface area contributed by atoms with Crippen LogP contribution in [0.5, 0.6) is 5.75 Å². The second-order valence-corrected chi connectivity index (χ2v) is 11.0. The number of hydrogen-bond acceptors (Lipinski definition) is 5. The highest BCUT2D eigenvalue weighted by atomic mass is 32.2. The van der Waals surface area contributed by atoms with Crippen LogP contribution in [0.15, 0.2) is 58.3 Å². The first-order chi connectivity index (χ1) is 15.5. The molecular weight excluding hydrogens is 420 g/mol. The lowest BCUT2D eigenvalue weighted by Gasteiger charge is -2.43. The van der Waals surface area contributed by atoms with Gasteiger partial charge >= 0.3 is 0 Å². The van der Waals surface area contributed by atoms with Crippen LogP contribution >= 0.6 is 0 Å². The highest BCUT2D eigenvalue weighted by Crippen LogP contribution is 2.30. The summed E-state index contributed by atoms with van der Waals surface area (Å²) in [7, 11) is -2.02. The third-order valence-electron chi connectivity index (χ3n) is 7.19. The molecule has 0 N–H and O–H groups in total.